The molecule has 0 aliphatic carbocycles. The fourth-order valence-corrected chi connectivity index (χ4v) is 5.17. The molecular formula is C23H26N4OS2. The lowest BCUT2D eigenvalue weighted by molar-refractivity contribution is 0.0948. The first-order valence-corrected chi connectivity index (χ1v) is 12.0. The minimum Gasteiger partial charge on any atom is -0.354 e. The van der Waals surface area contributed by atoms with Crippen LogP contribution in [0, 0.1) is 0 Å². The summed E-state index contributed by atoms with van der Waals surface area (Å²) in [7, 11) is 2.15. The van der Waals surface area contributed by atoms with Gasteiger partial charge >= 0.3 is 0 Å². The van der Waals surface area contributed by atoms with E-state index in [0.29, 0.717) is 6.54 Å². The number of aromatic nitrogens is 1. The largest absolute Gasteiger partial charge is 0.354 e. The van der Waals surface area contributed by atoms with Gasteiger partial charge in [-0.15, -0.1) is 23.1 Å². The molecule has 156 valence electrons. The number of thiophene rings is 1. The van der Waals surface area contributed by atoms with Crippen LogP contribution in [0.3, 0.4) is 0 Å². The van der Waals surface area contributed by atoms with E-state index in [-0.39, 0.29) is 5.91 Å². The molecule has 1 aromatic carbocycles. The van der Waals surface area contributed by atoms with Gasteiger partial charge in [-0.1, -0.05) is 24.3 Å². The molecule has 7 heteroatoms. The Labute approximate surface area is 186 Å². The highest BCUT2D eigenvalue weighted by Crippen LogP contribution is 2.28. The summed E-state index contributed by atoms with van der Waals surface area (Å²) in [6, 6.07) is 16.1. The zero-order valence-corrected chi connectivity index (χ0v) is 18.7. The van der Waals surface area contributed by atoms with Crippen molar-refractivity contribution in [1.82, 2.24) is 15.2 Å². The van der Waals surface area contributed by atoms with Crippen LogP contribution in [0.25, 0.3) is 0 Å². The van der Waals surface area contributed by atoms with E-state index in [2.05, 4.69) is 56.8 Å². The van der Waals surface area contributed by atoms with E-state index in [9.17, 15) is 4.79 Å². The number of piperazine rings is 1. The maximum absolute atomic E-state index is 12.8. The predicted octanol–water partition coefficient (Wildman–Crippen LogP) is 4.12. The molecule has 5 nitrogen and oxygen atoms in total. The van der Waals surface area contributed by atoms with Gasteiger partial charge in [0, 0.05) is 54.4 Å². The Morgan fingerprint density at radius 1 is 1.10 bits per heavy atom. The van der Waals surface area contributed by atoms with E-state index >= 15 is 0 Å². The van der Waals surface area contributed by atoms with Crippen LogP contribution in [0.4, 0.5) is 5.82 Å². The third-order valence-electron chi connectivity index (χ3n) is 5.17. The number of carbonyl (C=O) groups excluding carboxylic acids is 1. The number of amides is 1. The highest BCUT2D eigenvalue weighted by Gasteiger charge is 2.15. The van der Waals surface area contributed by atoms with Crippen LogP contribution in [-0.4, -0.2) is 49.0 Å². The van der Waals surface area contributed by atoms with Crippen molar-refractivity contribution in [3.8, 4) is 0 Å². The van der Waals surface area contributed by atoms with Crippen LogP contribution in [0.2, 0.25) is 0 Å². The number of hydrogen-bond donors (Lipinski definition) is 1. The lowest BCUT2D eigenvalue weighted by atomic mass is 10.2. The summed E-state index contributed by atoms with van der Waals surface area (Å²) in [5.74, 6) is 1.83. The summed E-state index contributed by atoms with van der Waals surface area (Å²) >= 11 is 3.44. The number of hydrogen-bond acceptors (Lipinski definition) is 6. The first kappa shape index (κ1) is 20.9. The molecule has 0 atom stereocenters. The number of pyridine rings is 1. The molecule has 1 N–H and O–H groups in total. The molecule has 0 bridgehead atoms. The van der Waals surface area contributed by atoms with Crippen LogP contribution < -0.4 is 10.2 Å². The van der Waals surface area contributed by atoms with Crippen molar-refractivity contribution in [3.05, 3.63) is 76.1 Å². The summed E-state index contributed by atoms with van der Waals surface area (Å²) in [6.45, 7) is 4.59. The Morgan fingerprint density at radius 3 is 2.67 bits per heavy atom. The summed E-state index contributed by atoms with van der Waals surface area (Å²) < 4.78 is 0. The number of rotatable bonds is 7. The number of anilines is 1. The monoisotopic (exact) mass is 438 g/mol. The Kier molecular flexibility index (Phi) is 7.04. The standard InChI is InChI=1S/C23H26N4OS2/c1-26-10-12-27(13-11-26)22-9-8-18(15-24-22)16-25-23(28)20-6-2-3-7-21(20)30-17-19-5-4-14-29-19/h2-9,14-15H,10-13,16-17H2,1H3,(H,25,28). The minimum absolute atomic E-state index is 0.0487. The molecule has 1 aliphatic heterocycles. The van der Waals surface area contributed by atoms with E-state index in [0.717, 1.165) is 53.8 Å². The molecular weight excluding hydrogens is 412 g/mol. The smallest absolute Gasteiger partial charge is 0.252 e. The number of thioether (sulfide) groups is 1. The molecule has 30 heavy (non-hydrogen) atoms. The number of nitrogens with one attached hydrogen (secondary N) is 1. The second-order valence-electron chi connectivity index (χ2n) is 7.36. The number of benzene rings is 1. The molecule has 2 aromatic heterocycles. The maximum atomic E-state index is 12.8. The van der Waals surface area contributed by atoms with Crippen LogP contribution in [0.1, 0.15) is 20.8 Å². The van der Waals surface area contributed by atoms with E-state index < -0.39 is 0 Å². The quantitative estimate of drug-likeness (QED) is 0.563. The number of likely N-dealkylation sites (N-methyl/N-ethyl adjacent to an activating group) is 1. The van der Waals surface area contributed by atoms with Gasteiger partial charge in [0.15, 0.2) is 0 Å². The molecule has 0 saturated carbocycles. The Hall–Kier alpha value is -2.35. The van der Waals surface area contributed by atoms with Gasteiger partial charge in [-0.2, -0.15) is 0 Å². The third-order valence-corrected chi connectivity index (χ3v) is 7.35. The van der Waals surface area contributed by atoms with Crippen molar-refractivity contribution < 1.29 is 4.79 Å². The zero-order valence-electron chi connectivity index (χ0n) is 17.1. The van der Waals surface area contributed by atoms with Gasteiger partial charge in [0.1, 0.15) is 5.82 Å². The summed E-state index contributed by atoms with van der Waals surface area (Å²) in [5, 5.41) is 5.12. The molecule has 4 rings (SSSR count). The van der Waals surface area contributed by atoms with Crippen LogP contribution in [0.5, 0.6) is 0 Å². The number of carbonyl (C=O) groups is 1. The third kappa shape index (κ3) is 5.41. The Bertz CT molecular complexity index is 952. The molecule has 1 aliphatic rings. The van der Waals surface area contributed by atoms with Gasteiger partial charge in [0.25, 0.3) is 5.91 Å². The van der Waals surface area contributed by atoms with E-state index in [1.54, 1.807) is 23.1 Å². The topological polar surface area (TPSA) is 48.5 Å². The van der Waals surface area contributed by atoms with Gasteiger partial charge in [-0.05, 0) is 42.3 Å². The van der Waals surface area contributed by atoms with E-state index in [4.69, 9.17) is 0 Å². The SMILES string of the molecule is CN1CCN(c2ccc(CNC(=O)c3ccccc3SCc3cccs3)cn2)CC1. The van der Waals surface area contributed by atoms with E-state index in [1.165, 1.54) is 4.88 Å². The van der Waals surface area contributed by atoms with Gasteiger partial charge < -0.3 is 15.1 Å². The van der Waals surface area contributed by atoms with Gasteiger partial charge in [-0.25, -0.2) is 4.98 Å². The van der Waals surface area contributed by atoms with Crippen molar-refractivity contribution in [2.24, 2.45) is 0 Å². The Morgan fingerprint density at radius 2 is 1.93 bits per heavy atom. The highest BCUT2D eigenvalue weighted by atomic mass is 32.2. The normalized spacial score (nSPS) is 14.6. The number of nitrogens with zero attached hydrogens (tertiary/aromatic N) is 3. The molecule has 0 unspecified atom stereocenters. The lowest BCUT2D eigenvalue weighted by Gasteiger charge is -2.33. The van der Waals surface area contributed by atoms with Crippen molar-refractivity contribution in [2.45, 2.75) is 17.2 Å². The lowest BCUT2D eigenvalue weighted by Crippen LogP contribution is -2.44. The molecule has 1 fully saturated rings. The average Bonchev–Trinajstić information content (AvgIpc) is 3.31. The molecule has 0 spiro atoms. The Balaban J connectivity index is 1.33. The van der Waals surface area contributed by atoms with E-state index in [1.807, 2.05) is 30.5 Å². The van der Waals surface area contributed by atoms with Crippen molar-refractivity contribution >= 4 is 34.8 Å². The van der Waals surface area contributed by atoms with Gasteiger partial charge in [0.05, 0.1) is 5.56 Å². The second-order valence-corrected chi connectivity index (χ2v) is 9.41. The fraction of sp³-hybridized carbons (Fsp3) is 0.304. The first-order chi connectivity index (χ1) is 14.7. The van der Waals surface area contributed by atoms with Gasteiger partial charge in [-0.3, -0.25) is 4.79 Å². The fourth-order valence-electron chi connectivity index (χ4n) is 3.35. The highest BCUT2D eigenvalue weighted by molar-refractivity contribution is 7.98. The molecule has 1 amide bonds. The zero-order chi connectivity index (χ0) is 20.8. The maximum Gasteiger partial charge on any atom is 0.252 e. The summed E-state index contributed by atoms with van der Waals surface area (Å²) in [6.07, 6.45) is 1.87. The summed E-state index contributed by atoms with van der Waals surface area (Å²) in [5.41, 5.74) is 1.73. The van der Waals surface area contributed by atoms with Crippen molar-refractivity contribution in [2.75, 3.05) is 38.1 Å². The van der Waals surface area contributed by atoms with Gasteiger partial charge in [0.2, 0.25) is 0 Å². The average molecular weight is 439 g/mol. The molecule has 3 aromatic rings. The minimum atomic E-state index is -0.0487. The predicted molar refractivity (Wildman–Crippen MR) is 125 cm³/mol. The summed E-state index contributed by atoms with van der Waals surface area (Å²) in [4.78, 5) is 24.3. The molecule has 0 radical (unpaired) electrons. The van der Waals surface area contributed by atoms with Crippen LogP contribution >= 0.6 is 23.1 Å². The van der Waals surface area contributed by atoms with Crippen LogP contribution in [0.15, 0.2) is 65.0 Å². The first-order valence-electron chi connectivity index (χ1n) is 10.1. The van der Waals surface area contributed by atoms with Crippen LogP contribution in [-0.2, 0) is 12.3 Å². The molecule has 3 heterocycles. The van der Waals surface area contributed by atoms with Crippen molar-refractivity contribution in [3.63, 3.8) is 0 Å². The van der Waals surface area contributed by atoms with Crippen molar-refractivity contribution in [1.29, 1.82) is 0 Å². The molecule has 1 saturated heterocycles. The second kappa shape index (κ2) is 10.1.